The van der Waals surface area contributed by atoms with Gasteiger partial charge in [0, 0.05) is 11.7 Å². The number of halogens is 1. The molecule has 0 heterocycles. The average Bonchev–Trinajstić information content (AvgIpc) is 2.67. The van der Waals surface area contributed by atoms with Gasteiger partial charge in [0.2, 0.25) is 0 Å². The molecular formula is C16H23FN2O. The molecule has 0 aliphatic heterocycles. The van der Waals surface area contributed by atoms with Crippen LogP contribution in [0.4, 0.5) is 10.1 Å². The van der Waals surface area contributed by atoms with Gasteiger partial charge in [-0.3, -0.25) is 4.79 Å². The molecule has 3 N–H and O–H groups in total. The summed E-state index contributed by atoms with van der Waals surface area (Å²) in [5, 5.41) is 3.01. The molecule has 1 aromatic carbocycles. The molecule has 3 nitrogen and oxygen atoms in total. The molecule has 0 spiro atoms. The van der Waals surface area contributed by atoms with Crippen LogP contribution in [0.15, 0.2) is 18.2 Å². The van der Waals surface area contributed by atoms with Crippen LogP contribution in [0.5, 0.6) is 0 Å². The Morgan fingerprint density at radius 2 is 1.95 bits per heavy atom. The summed E-state index contributed by atoms with van der Waals surface area (Å²) in [7, 11) is 0. The third-order valence-electron chi connectivity index (χ3n) is 4.22. The molecule has 1 atom stereocenters. The molecule has 1 saturated carbocycles. The first-order valence-electron chi connectivity index (χ1n) is 7.44. The summed E-state index contributed by atoms with van der Waals surface area (Å²) in [6.07, 6.45) is 7.40. The van der Waals surface area contributed by atoms with Crippen LogP contribution in [0.3, 0.4) is 0 Å². The Kier molecular flexibility index (Phi) is 4.99. The quantitative estimate of drug-likeness (QED) is 0.657. The molecule has 0 unspecified atom stereocenters. The molecule has 0 aromatic heterocycles. The van der Waals surface area contributed by atoms with Gasteiger partial charge in [0.25, 0.3) is 5.91 Å². The summed E-state index contributed by atoms with van der Waals surface area (Å²) >= 11 is 0. The van der Waals surface area contributed by atoms with Crippen molar-refractivity contribution in [1.82, 2.24) is 5.32 Å². The number of nitrogens with one attached hydrogen (secondary N) is 1. The fraction of sp³-hybridized carbons (Fsp3) is 0.562. The highest BCUT2D eigenvalue weighted by Gasteiger charge is 2.21. The number of rotatable bonds is 3. The van der Waals surface area contributed by atoms with Crippen molar-refractivity contribution in [2.24, 2.45) is 5.92 Å². The summed E-state index contributed by atoms with van der Waals surface area (Å²) < 4.78 is 13.0. The minimum absolute atomic E-state index is 0.130. The normalized spacial score (nSPS) is 18.3. The maximum Gasteiger partial charge on any atom is 0.253 e. The molecule has 1 amide bonds. The van der Waals surface area contributed by atoms with Crippen molar-refractivity contribution in [1.29, 1.82) is 0 Å². The van der Waals surface area contributed by atoms with Gasteiger partial charge in [0.05, 0.1) is 5.56 Å². The fourth-order valence-electron chi connectivity index (χ4n) is 2.95. The molecule has 0 radical (unpaired) electrons. The molecule has 0 bridgehead atoms. The Labute approximate surface area is 119 Å². The van der Waals surface area contributed by atoms with E-state index in [0.29, 0.717) is 11.5 Å². The van der Waals surface area contributed by atoms with Gasteiger partial charge in [0.15, 0.2) is 0 Å². The van der Waals surface area contributed by atoms with Gasteiger partial charge < -0.3 is 11.1 Å². The van der Waals surface area contributed by atoms with Gasteiger partial charge in [-0.25, -0.2) is 4.39 Å². The largest absolute Gasteiger partial charge is 0.398 e. The van der Waals surface area contributed by atoms with Crippen LogP contribution in [0.25, 0.3) is 0 Å². The van der Waals surface area contributed by atoms with Crippen molar-refractivity contribution in [3.8, 4) is 0 Å². The maximum atomic E-state index is 13.0. The van der Waals surface area contributed by atoms with Crippen molar-refractivity contribution < 1.29 is 9.18 Å². The second kappa shape index (κ2) is 6.73. The fourth-order valence-corrected chi connectivity index (χ4v) is 2.95. The molecule has 1 aromatic rings. The van der Waals surface area contributed by atoms with E-state index >= 15 is 0 Å². The number of hydrogen-bond donors (Lipinski definition) is 2. The van der Waals surface area contributed by atoms with E-state index < -0.39 is 5.82 Å². The number of carbonyl (C=O) groups excluding carboxylic acids is 1. The summed E-state index contributed by atoms with van der Waals surface area (Å²) in [4.78, 5) is 12.2. The van der Waals surface area contributed by atoms with Crippen LogP contribution in [0.1, 0.15) is 55.8 Å². The molecule has 2 rings (SSSR count). The Morgan fingerprint density at radius 1 is 1.30 bits per heavy atom. The molecular weight excluding hydrogens is 255 g/mol. The second-order valence-electron chi connectivity index (χ2n) is 5.75. The number of anilines is 1. The van der Waals surface area contributed by atoms with E-state index in [1.807, 2.05) is 6.92 Å². The Balaban J connectivity index is 1.99. The summed E-state index contributed by atoms with van der Waals surface area (Å²) in [6.45, 7) is 2.05. The Morgan fingerprint density at radius 3 is 2.55 bits per heavy atom. The highest BCUT2D eigenvalue weighted by Crippen LogP contribution is 2.25. The van der Waals surface area contributed by atoms with Crippen LogP contribution >= 0.6 is 0 Å². The number of carbonyl (C=O) groups is 1. The van der Waals surface area contributed by atoms with Crippen molar-refractivity contribution in [2.45, 2.75) is 51.5 Å². The number of amides is 1. The molecule has 20 heavy (non-hydrogen) atoms. The lowest BCUT2D eigenvalue weighted by molar-refractivity contribution is 0.0924. The number of nitrogen functional groups attached to an aromatic ring is 1. The SMILES string of the molecule is C[C@H](NC(=O)c1ccc(F)cc1N)C1CCCCCC1. The predicted octanol–water partition coefficient (Wildman–Crippen LogP) is 3.50. The van der Waals surface area contributed by atoms with E-state index in [4.69, 9.17) is 5.73 Å². The third-order valence-corrected chi connectivity index (χ3v) is 4.22. The summed E-state index contributed by atoms with van der Waals surface area (Å²) in [5.41, 5.74) is 6.24. The first-order valence-corrected chi connectivity index (χ1v) is 7.44. The zero-order valence-electron chi connectivity index (χ0n) is 12.0. The maximum absolute atomic E-state index is 13.0. The second-order valence-corrected chi connectivity index (χ2v) is 5.75. The monoisotopic (exact) mass is 278 g/mol. The number of nitrogens with two attached hydrogens (primary N) is 1. The van der Waals surface area contributed by atoms with Crippen molar-refractivity contribution in [3.63, 3.8) is 0 Å². The van der Waals surface area contributed by atoms with Gasteiger partial charge in [-0.05, 0) is 43.9 Å². The first kappa shape index (κ1) is 14.8. The Hall–Kier alpha value is -1.58. The van der Waals surface area contributed by atoms with E-state index in [1.54, 1.807) is 0 Å². The molecule has 1 fully saturated rings. The van der Waals surface area contributed by atoms with Gasteiger partial charge in [-0.1, -0.05) is 25.7 Å². The topological polar surface area (TPSA) is 55.1 Å². The molecule has 4 heteroatoms. The Bertz CT molecular complexity index is 468. The highest BCUT2D eigenvalue weighted by atomic mass is 19.1. The number of hydrogen-bond acceptors (Lipinski definition) is 2. The minimum atomic E-state index is -0.420. The first-order chi connectivity index (χ1) is 9.58. The van der Waals surface area contributed by atoms with Crippen LogP contribution < -0.4 is 11.1 Å². The average molecular weight is 278 g/mol. The lowest BCUT2D eigenvalue weighted by Gasteiger charge is -2.23. The smallest absolute Gasteiger partial charge is 0.253 e. The molecule has 1 aliphatic rings. The minimum Gasteiger partial charge on any atom is -0.398 e. The van der Waals surface area contributed by atoms with Crippen LogP contribution in [0, 0.1) is 11.7 Å². The van der Waals surface area contributed by atoms with Crippen LogP contribution in [-0.2, 0) is 0 Å². The van der Waals surface area contributed by atoms with E-state index in [0.717, 1.165) is 0 Å². The third kappa shape index (κ3) is 3.71. The van der Waals surface area contributed by atoms with Gasteiger partial charge >= 0.3 is 0 Å². The highest BCUT2D eigenvalue weighted by molar-refractivity contribution is 5.99. The van der Waals surface area contributed by atoms with Crippen LogP contribution in [-0.4, -0.2) is 11.9 Å². The standard InChI is InChI=1S/C16H23FN2O/c1-11(12-6-4-2-3-5-7-12)19-16(20)14-9-8-13(17)10-15(14)18/h8-12H,2-7,18H2,1H3,(H,19,20)/t11-/m0/s1. The van der Waals surface area contributed by atoms with E-state index in [1.165, 1.54) is 56.7 Å². The van der Waals surface area contributed by atoms with Crippen molar-refractivity contribution in [2.75, 3.05) is 5.73 Å². The molecule has 0 saturated heterocycles. The molecule has 110 valence electrons. The van der Waals surface area contributed by atoms with E-state index in [9.17, 15) is 9.18 Å². The van der Waals surface area contributed by atoms with E-state index in [-0.39, 0.29) is 17.6 Å². The van der Waals surface area contributed by atoms with Crippen molar-refractivity contribution >= 4 is 11.6 Å². The predicted molar refractivity (Wildman–Crippen MR) is 78.9 cm³/mol. The van der Waals surface area contributed by atoms with E-state index in [2.05, 4.69) is 5.32 Å². The lowest BCUT2D eigenvalue weighted by atomic mass is 9.93. The summed E-state index contributed by atoms with van der Waals surface area (Å²) in [6, 6.07) is 4.03. The van der Waals surface area contributed by atoms with Crippen molar-refractivity contribution in [3.05, 3.63) is 29.6 Å². The zero-order valence-corrected chi connectivity index (χ0v) is 12.0. The number of benzene rings is 1. The van der Waals surface area contributed by atoms with Gasteiger partial charge in [-0.2, -0.15) is 0 Å². The van der Waals surface area contributed by atoms with Crippen LogP contribution in [0.2, 0.25) is 0 Å². The lowest BCUT2D eigenvalue weighted by Crippen LogP contribution is -2.38. The molecule has 1 aliphatic carbocycles. The summed E-state index contributed by atoms with van der Waals surface area (Å²) in [5.74, 6) is -0.0989. The van der Waals surface area contributed by atoms with Gasteiger partial charge in [0.1, 0.15) is 5.82 Å². The van der Waals surface area contributed by atoms with Gasteiger partial charge in [-0.15, -0.1) is 0 Å². The zero-order chi connectivity index (χ0) is 14.5.